The van der Waals surface area contributed by atoms with Crippen molar-refractivity contribution >= 4 is 33.2 Å². The van der Waals surface area contributed by atoms with E-state index in [0.717, 1.165) is 60.2 Å². The summed E-state index contributed by atoms with van der Waals surface area (Å²) in [6.45, 7) is 5.63. The molecule has 0 unspecified atom stereocenters. The van der Waals surface area contributed by atoms with Crippen LogP contribution < -0.4 is 9.80 Å². The average Bonchev–Trinajstić information content (AvgIpc) is 3.05. The zero-order valence-electron chi connectivity index (χ0n) is 13.4. The van der Waals surface area contributed by atoms with Gasteiger partial charge >= 0.3 is 0 Å². The number of aryl methyl sites for hydroxylation is 1. The number of hydrogen-bond donors (Lipinski definition) is 0. The second-order valence-corrected chi connectivity index (χ2v) is 6.55. The maximum atomic E-state index is 4.55. The lowest BCUT2D eigenvalue weighted by Crippen LogP contribution is -2.47. The quantitative estimate of drug-likeness (QED) is 0.686. The summed E-state index contributed by atoms with van der Waals surface area (Å²) in [6, 6.07) is 3.96. The van der Waals surface area contributed by atoms with Gasteiger partial charge in [-0.1, -0.05) is 6.92 Å². The fourth-order valence-electron chi connectivity index (χ4n) is 3.07. The fourth-order valence-corrected chi connectivity index (χ4v) is 3.57. The third kappa shape index (κ3) is 2.60. The molecule has 1 aliphatic heterocycles. The van der Waals surface area contributed by atoms with Crippen LogP contribution in [0.25, 0.3) is 5.65 Å². The van der Waals surface area contributed by atoms with Gasteiger partial charge in [0.2, 0.25) is 5.65 Å². The molecule has 3 aromatic rings. The molecule has 0 saturated carbocycles. The second kappa shape index (κ2) is 6.35. The summed E-state index contributed by atoms with van der Waals surface area (Å²) in [7, 11) is 0. The molecule has 1 fully saturated rings. The van der Waals surface area contributed by atoms with Gasteiger partial charge in [0.1, 0.15) is 11.6 Å². The topological polar surface area (TPSA) is 62.5 Å². The molecule has 24 heavy (non-hydrogen) atoms. The van der Waals surface area contributed by atoms with Crippen LogP contribution in [0.4, 0.5) is 11.6 Å². The SMILES string of the molecule is CCc1nnc2c(N3CCN(c4ncccc4Br)CC3)nccn12. The van der Waals surface area contributed by atoms with Crippen molar-refractivity contribution in [2.24, 2.45) is 0 Å². The van der Waals surface area contributed by atoms with Crippen LogP contribution in [-0.4, -0.2) is 50.7 Å². The van der Waals surface area contributed by atoms with Crippen molar-refractivity contribution in [2.75, 3.05) is 36.0 Å². The van der Waals surface area contributed by atoms with Crippen LogP contribution in [0.15, 0.2) is 35.2 Å². The number of hydrogen-bond acceptors (Lipinski definition) is 6. The van der Waals surface area contributed by atoms with Crippen molar-refractivity contribution in [3.63, 3.8) is 0 Å². The first-order valence-electron chi connectivity index (χ1n) is 8.07. The van der Waals surface area contributed by atoms with Crippen LogP contribution >= 0.6 is 15.9 Å². The Balaban J connectivity index is 1.56. The van der Waals surface area contributed by atoms with Gasteiger partial charge in [0.25, 0.3) is 0 Å². The molecule has 0 aliphatic carbocycles. The Morgan fingerprint density at radius 2 is 1.71 bits per heavy atom. The number of piperazine rings is 1. The van der Waals surface area contributed by atoms with Crippen LogP contribution in [0, 0.1) is 0 Å². The lowest BCUT2D eigenvalue weighted by molar-refractivity contribution is 0.640. The molecule has 4 heterocycles. The molecule has 0 aromatic carbocycles. The summed E-state index contributed by atoms with van der Waals surface area (Å²) in [5.41, 5.74) is 0.835. The average molecular weight is 388 g/mol. The summed E-state index contributed by atoms with van der Waals surface area (Å²) in [5.74, 6) is 2.87. The normalized spacial score (nSPS) is 15.2. The Kier molecular flexibility index (Phi) is 4.05. The maximum absolute atomic E-state index is 4.55. The molecule has 7 nitrogen and oxygen atoms in total. The molecule has 0 atom stereocenters. The Labute approximate surface area is 148 Å². The molecule has 4 rings (SSSR count). The lowest BCUT2D eigenvalue weighted by atomic mass is 10.3. The van der Waals surface area contributed by atoms with E-state index in [0.29, 0.717) is 0 Å². The second-order valence-electron chi connectivity index (χ2n) is 5.70. The number of nitrogens with zero attached hydrogens (tertiary/aromatic N) is 7. The molecule has 1 saturated heterocycles. The van der Waals surface area contributed by atoms with Gasteiger partial charge in [0, 0.05) is 51.2 Å². The highest BCUT2D eigenvalue weighted by molar-refractivity contribution is 9.10. The van der Waals surface area contributed by atoms with Gasteiger partial charge in [-0.15, -0.1) is 10.2 Å². The van der Waals surface area contributed by atoms with E-state index in [-0.39, 0.29) is 0 Å². The van der Waals surface area contributed by atoms with Crippen molar-refractivity contribution in [2.45, 2.75) is 13.3 Å². The molecular weight excluding hydrogens is 370 g/mol. The Bertz CT molecular complexity index is 855. The van der Waals surface area contributed by atoms with Crippen molar-refractivity contribution < 1.29 is 0 Å². The van der Waals surface area contributed by atoms with Crippen molar-refractivity contribution in [1.82, 2.24) is 24.6 Å². The third-order valence-corrected chi connectivity index (χ3v) is 4.93. The first-order chi connectivity index (χ1) is 11.8. The molecule has 1 aliphatic rings. The monoisotopic (exact) mass is 387 g/mol. The smallest absolute Gasteiger partial charge is 0.203 e. The standard InChI is InChI=1S/C16H18BrN7/c1-2-13-20-21-16-15(19-6-7-24(13)16)23-10-8-22(9-11-23)14-12(17)4-3-5-18-14/h3-7H,2,8-11H2,1H3. The van der Waals surface area contributed by atoms with E-state index in [9.17, 15) is 0 Å². The number of anilines is 2. The summed E-state index contributed by atoms with van der Waals surface area (Å²) in [4.78, 5) is 13.6. The number of pyridine rings is 1. The van der Waals surface area contributed by atoms with Gasteiger partial charge in [-0.25, -0.2) is 9.97 Å². The third-order valence-electron chi connectivity index (χ3n) is 4.31. The molecule has 3 aromatic heterocycles. The van der Waals surface area contributed by atoms with Crippen molar-refractivity contribution in [3.05, 3.63) is 41.0 Å². The molecule has 0 N–H and O–H groups in total. The number of halogens is 1. The van der Waals surface area contributed by atoms with Crippen molar-refractivity contribution in [1.29, 1.82) is 0 Å². The molecule has 8 heteroatoms. The Morgan fingerprint density at radius 3 is 2.42 bits per heavy atom. The highest BCUT2D eigenvalue weighted by atomic mass is 79.9. The minimum Gasteiger partial charge on any atom is -0.352 e. The number of fused-ring (bicyclic) bond motifs is 1. The van der Waals surface area contributed by atoms with Gasteiger partial charge in [-0.2, -0.15) is 0 Å². The van der Waals surface area contributed by atoms with E-state index < -0.39 is 0 Å². The van der Waals surface area contributed by atoms with E-state index in [4.69, 9.17) is 0 Å². The zero-order valence-corrected chi connectivity index (χ0v) is 15.0. The van der Waals surface area contributed by atoms with Crippen LogP contribution in [0.5, 0.6) is 0 Å². The summed E-state index contributed by atoms with van der Waals surface area (Å²) < 4.78 is 3.06. The minimum atomic E-state index is 0.835. The minimum absolute atomic E-state index is 0.835. The molecule has 0 spiro atoms. The fraction of sp³-hybridized carbons (Fsp3) is 0.375. The zero-order chi connectivity index (χ0) is 16.5. The lowest BCUT2D eigenvalue weighted by Gasteiger charge is -2.36. The first kappa shape index (κ1) is 15.3. The highest BCUT2D eigenvalue weighted by Crippen LogP contribution is 2.25. The molecule has 0 amide bonds. The van der Waals surface area contributed by atoms with Crippen molar-refractivity contribution in [3.8, 4) is 0 Å². The molecule has 124 valence electrons. The van der Waals surface area contributed by atoms with Crippen LogP contribution in [0.3, 0.4) is 0 Å². The first-order valence-corrected chi connectivity index (χ1v) is 8.86. The van der Waals surface area contributed by atoms with Gasteiger partial charge in [-0.3, -0.25) is 4.40 Å². The largest absolute Gasteiger partial charge is 0.352 e. The van der Waals surface area contributed by atoms with E-state index in [1.165, 1.54) is 0 Å². The van der Waals surface area contributed by atoms with Crippen LogP contribution in [0.1, 0.15) is 12.7 Å². The Hall–Kier alpha value is -2.22. The van der Waals surface area contributed by atoms with Gasteiger partial charge in [-0.05, 0) is 28.1 Å². The van der Waals surface area contributed by atoms with E-state index in [1.54, 1.807) is 0 Å². The molecule has 0 radical (unpaired) electrons. The predicted octanol–water partition coefficient (Wildman–Crippen LogP) is 2.17. The summed E-state index contributed by atoms with van der Waals surface area (Å²) in [5, 5.41) is 8.59. The van der Waals surface area contributed by atoms with Gasteiger partial charge < -0.3 is 9.80 Å². The van der Waals surface area contributed by atoms with E-state index in [2.05, 4.69) is 52.8 Å². The summed E-state index contributed by atoms with van der Waals surface area (Å²) >= 11 is 3.58. The predicted molar refractivity (Wildman–Crippen MR) is 96.5 cm³/mol. The number of aromatic nitrogens is 5. The highest BCUT2D eigenvalue weighted by Gasteiger charge is 2.23. The van der Waals surface area contributed by atoms with Gasteiger partial charge in [0.05, 0.1) is 4.47 Å². The van der Waals surface area contributed by atoms with E-state index >= 15 is 0 Å². The van der Waals surface area contributed by atoms with Gasteiger partial charge in [0.15, 0.2) is 5.82 Å². The molecular formula is C16H18BrN7. The van der Waals surface area contributed by atoms with Crippen LogP contribution in [-0.2, 0) is 6.42 Å². The number of rotatable bonds is 3. The molecule has 0 bridgehead atoms. The Morgan fingerprint density at radius 1 is 1.00 bits per heavy atom. The maximum Gasteiger partial charge on any atom is 0.203 e. The summed E-state index contributed by atoms with van der Waals surface area (Å²) in [6.07, 6.45) is 6.44. The van der Waals surface area contributed by atoms with E-state index in [1.807, 2.05) is 35.1 Å². The van der Waals surface area contributed by atoms with Crippen LogP contribution in [0.2, 0.25) is 0 Å².